The zero-order valence-electron chi connectivity index (χ0n) is 11.6. The van der Waals surface area contributed by atoms with E-state index in [1.165, 1.54) is 24.5 Å². The lowest BCUT2D eigenvalue weighted by atomic mass is 9.85. The van der Waals surface area contributed by atoms with Gasteiger partial charge in [0.25, 0.3) is 0 Å². The Kier molecular flexibility index (Phi) is 2.73. The summed E-state index contributed by atoms with van der Waals surface area (Å²) in [5.74, 6) is 0.330. The van der Waals surface area contributed by atoms with Crippen LogP contribution in [-0.2, 0) is 5.41 Å². The molecular weight excluding hydrogens is 291 g/mol. The first-order valence-corrected chi connectivity index (χ1v) is 7.45. The van der Waals surface area contributed by atoms with Crippen LogP contribution >= 0.6 is 11.6 Å². The maximum atomic E-state index is 13.8. The Labute approximate surface area is 127 Å². The van der Waals surface area contributed by atoms with Crippen LogP contribution in [0.4, 0.5) is 4.39 Å². The third-order valence-electron chi connectivity index (χ3n) is 4.68. The highest BCUT2D eigenvalue weighted by Gasteiger charge is 2.47. The topological polar surface area (TPSA) is 35.0 Å². The van der Waals surface area contributed by atoms with Gasteiger partial charge in [0.2, 0.25) is 5.88 Å². The number of ether oxygens (including phenoxy) is 1. The second-order valence-corrected chi connectivity index (χ2v) is 6.55. The molecule has 2 bridgehead atoms. The molecule has 0 unspecified atom stereocenters. The van der Waals surface area contributed by atoms with Crippen molar-refractivity contribution in [1.82, 2.24) is 10.2 Å². The fourth-order valence-electron chi connectivity index (χ4n) is 3.62. The molecule has 0 saturated heterocycles. The first kappa shape index (κ1) is 13.0. The largest absolute Gasteiger partial charge is 0.433 e. The van der Waals surface area contributed by atoms with Crippen molar-refractivity contribution >= 4 is 11.6 Å². The smallest absolute Gasteiger partial charge is 0.239 e. The zero-order valence-corrected chi connectivity index (χ0v) is 12.3. The average Bonchev–Trinajstić information content (AvgIpc) is 2.98. The highest BCUT2D eigenvalue weighted by molar-refractivity contribution is 6.32. The molecule has 2 aliphatic carbocycles. The molecule has 1 aromatic carbocycles. The molecule has 1 fully saturated rings. The molecule has 3 nitrogen and oxygen atoms in total. The van der Waals surface area contributed by atoms with Crippen molar-refractivity contribution < 1.29 is 9.13 Å². The lowest BCUT2D eigenvalue weighted by Gasteiger charge is -2.22. The maximum absolute atomic E-state index is 13.8. The molecule has 5 heteroatoms. The molecule has 108 valence electrons. The molecule has 0 spiro atoms. The average molecular weight is 305 g/mol. The van der Waals surface area contributed by atoms with Crippen molar-refractivity contribution in [2.75, 3.05) is 0 Å². The Morgan fingerprint density at radius 3 is 3.05 bits per heavy atom. The van der Waals surface area contributed by atoms with Gasteiger partial charge >= 0.3 is 0 Å². The third-order valence-corrected chi connectivity index (χ3v) is 4.98. The van der Waals surface area contributed by atoms with E-state index in [-0.39, 0.29) is 16.2 Å². The molecular formula is C16H14ClFN2O. The van der Waals surface area contributed by atoms with E-state index in [4.69, 9.17) is 16.3 Å². The lowest BCUT2D eigenvalue weighted by Crippen LogP contribution is -2.18. The van der Waals surface area contributed by atoms with Crippen molar-refractivity contribution in [1.29, 1.82) is 0 Å². The minimum absolute atomic E-state index is 0.00258. The maximum Gasteiger partial charge on any atom is 0.239 e. The molecule has 1 heterocycles. The minimum atomic E-state index is -0.502. The number of benzene rings is 1. The molecule has 0 radical (unpaired) electrons. The zero-order chi connectivity index (χ0) is 14.6. The number of hydrogen-bond donors (Lipinski definition) is 0. The first-order chi connectivity index (χ1) is 10.1. The Morgan fingerprint density at radius 2 is 2.24 bits per heavy atom. The number of halogens is 2. The quantitative estimate of drug-likeness (QED) is 0.813. The molecule has 2 aromatic rings. The monoisotopic (exact) mass is 304 g/mol. The summed E-state index contributed by atoms with van der Waals surface area (Å²) in [7, 11) is 0. The number of fused-ring (bicyclic) bond motifs is 5. The molecule has 0 N–H and O–H groups in total. The molecule has 0 amide bonds. The number of nitrogens with zero attached hydrogens (tertiary/aromatic N) is 2. The van der Waals surface area contributed by atoms with Gasteiger partial charge in [0.1, 0.15) is 0 Å². The summed E-state index contributed by atoms with van der Waals surface area (Å²) in [5, 5.41) is 8.65. The molecule has 1 saturated carbocycles. The summed E-state index contributed by atoms with van der Waals surface area (Å²) in [6.07, 6.45) is 3.47. The van der Waals surface area contributed by atoms with E-state index in [9.17, 15) is 4.39 Å². The highest BCUT2D eigenvalue weighted by atomic mass is 35.5. The Morgan fingerprint density at radius 1 is 1.38 bits per heavy atom. The fraction of sp³-hybridized carbons (Fsp3) is 0.375. The predicted octanol–water partition coefficient (Wildman–Crippen LogP) is 4.60. The van der Waals surface area contributed by atoms with Crippen LogP contribution in [0.15, 0.2) is 24.3 Å². The number of rotatable bonds is 2. The third kappa shape index (κ3) is 1.93. The van der Waals surface area contributed by atoms with E-state index in [2.05, 4.69) is 17.1 Å². The van der Waals surface area contributed by atoms with Gasteiger partial charge < -0.3 is 4.74 Å². The van der Waals surface area contributed by atoms with E-state index in [1.807, 2.05) is 6.07 Å². The van der Waals surface area contributed by atoms with Crippen LogP contribution in [0.3, 0.4) is 0 Å². The first-order valence-electron chi connectivity index (χ1n) is 7.07. The highest BCUT2D eigenvalue weighted by Crippen LogP contribution is 2.56. The van der Waals surface area contributed by atoms with Crippen LogP contribution < -0.4 is 4.74 Å². The second-order valence-electron chi connectivity index (χ2n) is 6.14. The summed E-state index contributed by atoms with van der Waals surface area (Å²) < 4.78 is 19.3. The van der Waals surface area contributed by atoms with Gasteiger partial charge in [0.05, 0.1) is 10.7 Å². The van der Waals surface area contributed by atoms with E-state index < -0.39 is 5.82 Å². The lowest BCUT2D eigenvalue weighted by molar-refractivity contribution is 0.415. The van der Waals surface area contributed by atoms with E-state index in [0.717, 1.165) is 12.1 Å². The van der Waals surface area contributed by atoms with Crippen LogP contribution in [0, 0.1) is 5.82 Å². The molecule has 4 rings (SSSR count). The fourth-order valence-corrected chi connectivity index (χ4v) is 3.82. The summed E-state index contributed by atoms with van der Waals surface area (Å²) in [4.78, 5) is 0. The SMILES string of the molecule is C[C@]12CC[C@H](C1)c1cc(Oc3c(F)cccc3Cl)nnc12. The molecule has 1 aromatic heterocycles. The predicted molar refractivity (Wildman–Crippen MR) is 77.5 cm³/mol. The van der Waals surface area contributed by atoms with Crippen LogP contribution in [0.25, 0.3) is 0 Å². The van der Waals surface area contributed by atoms with Gasteiger partial charge in [-0.2, -0.15) is 5.10 Å². The Bertz CT molecular complexity index is 716. The van der Waals surface area contributed by atoms with E-state index in [1.54, 1.807) is 12.1 Å². The van der Waals surface area contributed by atoms with Gasteiger partial charge in [0, 0.05) is 11.5 Å². The Balaban J connectivity index is 1.71. The summed E-state index contributed by atoms with van der Waals surface area (Å²) in [6, 6.07) is 6.33. The van der Waals surface area contributed by atoms with Crippen molar-refractivity contribution in [3.05, 3.63) is 46.4 Å². The van der Waals surface area contributed by atoms with Crippen molar-refractivity contribution in [2.24, 2.45) is 0 Å². The van der Waals surface area contributed by atoms with Crippen LogP contribution in [-0.4, -0.2) is 10.2 Å². The van der Waals surface area contributed by atoms with Crippen molar-refractivity contribution in [3.8, 4) is 11.6 Å². The van der Waals surface area contributed by atoms with Gasteiger partial charge in [-0.05, 0) is 42.9 Å². The van der Waals surface area contributed by atoms with Gasteiger partial charge in [-0.3, -0.25) is 0 Å². The summed E-state index contributed by atoms with van der Waals surface area (Å²) in [6.45, 7) is 2.24. The molecule has 2 atom stereocenters. The number of hydrogen-bond acceptors (Lipinski definition) is 3. The van der Waals surface area contributed by atoms with Gasteiger partial charge in [-0.25, -0.2) is 4.39 Å². The van der Waals surface area contributed by atoms with Crippen LogP contribution in [0.1, 0.15) is 43.4 Å². The number of para-hydroxylation sites is 1. The molecule has 21 heavy (non-hydrogen) atoms. The normalized spacial score (nSPS) is 26.0. The summed E-state index contributed by atoms with van der Waals surface area (Å²) >= 11 is 5.97. The summed E-state index contributed by atoms with van der Waals surface area (Å²) in [5.41, 5.74) is 2.42. The standard InChI is InChI=1S/C16H14ClFN2O/c1-16-6-5-9(8-16)10-7-13(19-20-15(10)16)21-14-11(17)3-2-4-12(14)18/h2-4,7,9H,5-6,8H2,1H3/t9-,16+/m1/s1. The molecule has 2 aliphatic rings. The van der Waals surface area contributed by atoms with Crippen molar-refractivity contribution in [2.45, 2.75) is 37.5 Å². The van der Waals surface area contributed by atoms with E-state index in [0.29, 0.717) is 11.8 Å². The van der Waals surface area contributed by atoms with Gasteiger partial charge in [-0.15, -0.1) is 5.10 Å². The minimum Gasteiger partial charge on any atom is -0.433 e. The van der Waals surface area contributed by atoms with Gasteiger partial charge in [-0.1, -0.05) is 24.6 Å². The van der Waals surface area contributed by atoms with Crippen LogP contribution in [0.5, 0.6) is 11.6 Å². The van der Waals surface area contributed by atoms with E-state index >= 15 is 0 Å². The molecule has 0 aliphatic heterocycles. The Hall–Kier alpha value is -1.68. The van der Waals surface area contributed by atoms with Crippen molar-refractivity contribution in [3.63, 3.8) is 0 Å². The van der Waals surface area contributed by atoms with Crippen LogP contribution in [0.2, 0.25) is 5.02 Å². The van der Waals surface area contributed by atoms with Gasteiger partial charge in [0.15, 0.2) is 11.6 Å². The second kappa shape index (κ2) is 4.41. The number of aromatic nitrogens is 2.